The van der Waals surface area contributed by atoms with Crippen LogP contribution in [-0.4, -0.2) is 33.8 Å². The van der Waals surface area contributed by atoms with E-state index in [0.717, 1.165) is 44.6 Å². The lowest BCUT2D eigenvalue weighted by molar-refractivity contribution is -0.142. The van der Waals surface area contributed by atoms with Crippen molar-refractivity contribution in [2.75, 3.05) is 13.2 Å². The summed E-state index contributed by atoms with van der Waals surface area (Å²) >= 11 is 0. The van der Waals surface area contributed by atoms with E-state index >= 15 is 0 Å². The summed E-state index contributed by atoms with van der Waals surface area (Å²) in [4.78, 5) is 11.2. The Hall–Kier alpha value is -0.653. The highest BCUT2D eigenvalue weighted by atomic mass is 28.4. The first-order valence-corrected chi connectivity index (χ1v) is 9.87. The monoisotopic (exact) mass is 302 g/mol. The zero-order chi connectivity index (χ0) is 15.4. The van der Waals surface area contributed by atoms with Gasteiger partial charge >= 0.3 is 14.5 Å². The lowest BCUT2D eigenvalue weighted by Gasteiger charge is -2.30. The van der Waals surface area contributed by atoms with Gasteiger partial charge in [0.25, 0.3) is 0 Å². The maximum Gasteiger partial charge on any atom is 0.338 e. The zero-order valence-electron chi connectivity index (χ0n) is 13.4. The summed E-state index contributed by atoms with van der Waals surface area (Å²) in [6.45, 7) is 13.1. The molecule has 0 bridgehead atoms. The molecule has 0 aliphatic heterocycles. The van der Waals surface area contributed by atoms with E-state index in [1.807, 2.05) is 6.92 Å². The molecule has 0 aliphatic rings. The second-order valence-corrected chi connectivity index (χ2v) is 8.56. The fraction of sp³-hybridized carbons (Fsp3) is 0.800. The van der Waals surface area contributed by atoms with Crippen molar-refractivity contribution in [2.45, 2.75) is 65.1 Å². The van der Waals surface area contributed by atoms with Gasteiger partial charge in [0, 0.05) is 19.3 Å². The van der Waals surface area contributed by atoms with Gasteiger partial charge in [0.15, 0.2) is 0 Å². The van der Waals surface area contributed by atoms with Crippen LogP contribution in [0.4, 0.5) is 0 Å². The molecule has 0 rings (SSSR count). The number of ether oxygens (including phenoxy) is 1. The van der Waals surface area contributed by atoms with Gasteiger partial charge in [-0.05, 0) is 38.3 Å². The van der Waals surface area contributed by atoms with Gasteiger partial charge in [0.05, 0.1) is 6.10 Å². The Balaban J connectivity index is 4.45. The summed E-state index contributed by atoms with van der Waals surface area (Å²) in [6.07, 6.45) is 3.82. The number of carbonyl (C=O) groups excluding carboxylic acids is 1. The molecule has 20 heavy (non-hydrogen) atoms. The largest absolute Gasteiger partial charge is 0.460 e. The van der Waals surface area contributed by atoms with Crippen LogP contribution >= 0.6 is 0 Å². The lowest BCUT2D eigenvalue weighted by atomic mass is 10.3. The van der Waals surface area contributed by atoms with Crippen LogP contribution in [0.15, 0.2) is 12.7 Å². The summed E-state index contributed by atoms with van der Waals surface area (Å²) in [5.41, 5.74) is 0. The van der Waals surface area contributed by atoms with Crippen LogP contribution in [0.2, 0.25) is 12.1 Å². The minimum atomic E-state index is -2.15. The fourth-order valence-corrected chi connectivity index (χ4v) is 5.00. The first-order valence-electron chi connectivity index (χ1n) is 7.64. The van der Waals surface area contributed by atoms with E-state index in [4.69, 9.17) is 13.6 Å². The van der Waals surface area contributed by atoms with Crippen LogP contribution in [-0.2, 0) is 18.4 Å². The third kappa shape index (κ3) is 7.82. The van der Waals surface area contributed by atoms with Crippen LogP contribution in [0.25, 0.3) is 0 Å². The molecule has 0 amide bonds. The molecule has 0 aromatic carbocycles. The predicted molar refractivity (Wildman–Crippen MR) is 83.9 cm³/mol. The number of rotatable bonds is 12. The third-order valence-corrected chi connectivity index (χ3v) is 6.68. The van der Waals surface area contributed by atoms with Gasteiger partial charge in [-0.3, -0.25) is 0 Å². The highest BCUT2D eigenvalue weighted by Gasteiger charge is 2.35. The molecule has 0 radical (unpaired) electrons. The molecule has 1 unspecified atom stereocenters. The smallest absolute Gasteiger partial charge is 0.338 e. The van der Waals surface area contributed by atoms with E-state index < -0.39 is 8.56 Å². The lowest BCUT2D eigenvalue weighted by Crippen LogP contribution is -2.42. The Bertz CT molecular complexity index is 273. The van der Waals surface area contributed by atoms with E-state index in [1.165, 1.54) is 6.08 Å². The van der Waals surface area contributed by atoms with Crippen molar-refractivity contribution in [1.82, 2.24) is 0 Å². The molecular formula is C15H30O4Si. The van der Waals surface area contributed by atoms with Gasteiger partial charge in [-0.25, -0.2) is 4.79 Å². The first-order chi connectivity index (χ1) is 9.53. The van der Waals surface area contributed by atoms with Crippen molar-refractivity contribution in [1.29, 1.82) is 0 Å². The van der Waals surface area contributed by atoms with Gasteiger partial charge in [-0.1, -0.05) is 27.4 Å². The normalized spacial score (nSPS) is 13.0. The van der Waals surface area contributed by atoms with Crippen molar-refractivity contribution in [3.05, 3.63) is 12.7 Å². The molecule has 4 nitrogen and oxygen atoms in total. The van der Waals surface area contributed by atoms with Gasteiger partial charge < -0.3 is 13.6 Å². The topological polar surface area (TPSA) is 44.8 Å². The first kappa shape index (κ1) is 19.3. The van der Waals surface area contributed by atoms with E-state index in [2.05, 4.69) is 27.4 Å². The average molecular weight is 302 g/mol. The molecule has 1 atom stereocenters. The second kappa shape index (κ2) is 11.1. The molecule has 5 heteroatoms. The molecule has 0 aromatic heterocycles. The highest BCUT2D eigenvalue weighted by molar-refractivity contribution is 6.67. The van der Waals surface area contributed by atoms with Crippen molar-refractivity contribution < 1.29 is 18.4 Å². The molecule has 0 spiro atoms. The molecule has 0 aromatic rings. The summed E-state index contributed by atoms with van der Waals surface area (Å²) in [6, 6.07) is 1.78. The number of hydrogen-bond donors (Lipinski definition) is 0. The standard InChI is InChI=1S/C15H30O4Si/c1-6-11-17-20(9-4,18-12-7-2)13-10-14(5)19-15(16)8-3/h8,14H,3,6-7,9-13H2,1-2,4-5H3. The minimum Gasteiger partial charge on any atom is -0.460 e. The average Bonchev–Trinajstić information content (AvgIpc) is 2.47. The second-order valence-electron chi connectivity index (χ2n) is 4.95. The van der Waals surface area contributed by atoms with E-state index in [-0.39, 0.29) is 12.1 Å². The van der Waals surface area contributed by atoms with E-state index in [9.17, 15) is 4.79 Å². The Morgan fingerprint density at radius 1 is 1.20 bits per heavy atom. The Kier molecular flexibility index (Phi) is 10.7. The number of hydrogen-bond acceptors (Lipinski definition) is 4. The summed E-state index contributed by atoms with van der Waals surface area (Å²) in [5, 5.41) is 0. The molecule has 0 fully saturated rings. The zero-order valence-corrected chi connectivity index (χ0v) is 14.4. The van der Waals surface area contributed by atoms with Crippen molar-refractivity contribution in [2.24, 2.45) is 0 Å². The molecule has 0 saturated carbocycles. The van der Waals surface area contributed by atoms with Gasteiger partial charge in [0.1, 0.15) is 0 Å². The molecule has 0 aliphatic carbocycles. The Morgan fingerprint density at radius 3 is 2.15 bits per heavy atom. The SMILES string of the molecule is C=CC(=O)OC(C)CC[Si](CC)(OCCC)OCCC. The number of carbonyl (C=O) groups is 1. The van der Waals surface area contributed by atoms with Gasteiger partial charge in [0.2, 0.25) is 0 Å². The maximum absolute atomic E-state index is 11.2. The minimum absolute atomic E-state index is 0.130. The van der Waals surface area contributed by atoms with E-state index in [1.54, 1.807) is 0 Å². The predicted octanol–water partition coefficient (Wildman–Crippen LogP) is 3.81. The summed E-state index contributed by atoms with van der Waals surface area (Å²) < 4.78 is 17.3. The number of esters is 1. The van der Waals surface area contributed by atoms with Crippen molar-refractivity contribution in [3.63, 3.8) is 0 Å². The fourth-order valence-electron chi connectivity index (χ4n) is 1.87. The molecular weight excluding hydrogens is 272 g/mol. The van der Waals surface area contributed by atoms with Crippen LogP contribution in [0.5, 0.6) is 0 Å². The van der Waals surface area contributed by atoms with Crippen LogP contribution in [0.1, 0.15) is 47.0 Å². The maximum atomic E-state index is 11.2. The quantitative estimate of drug-likeness (QED) is 0.312. The summed E-state index contributed by atoms with van der Waals surface area (Å²) in [7, 11) is -2.15. The third-order valence-electron chi connectivity index (χ3n) is 3.09. The summed E-state index contributed by atoms with van der Waals surface area (Å²) in [5.74, 6) is -0.370. The van der Waals surface area contributed by atoms with Gasteiger partial charge in [-0.15, -0.1) is 0 Å². The molecule has 0 heterocycles. The van der Waals surface area contributed by atoms with Crippen LogP contribution < -0.4 is 0 Å². The van der Waals surface area contributed by atoms with Gasteiger partial charge in [-0.2, -0.15) is 0 Å². The van der Waals surface area contributed by atoms with E-state index in [0.29, 0.717) is 0 Å². The Labute approximate surface area is 124 Å². The van der Waals surface area contributed by atoms with Crippen LogP contribution in [0, 0.1) is 0 Å². The van der Waals surface area contributed by atoms with Crippen LogP contribution in [0.3, 0.4) is 0 Å². The highest BCUT2D eigenvalue weighted by Crippen LogP contribution is 2.23. The molecule has 0 N–H and O–H groups in total. The van der Waals surface area contributed by atoms with Crippen molar-refractivity contribution in [3.8, 4) is 0 Å². The molecule has 118 valence electrons. The molecule has 0 saturated heterocycles. The van der Waals surface area contributed by atoms with Crippen molar-refractivity contribution >= 4 is 14.5 Å². The Morgan fingerprint density at radius 2 is 1.75 bits per heavy atom.